The number of hydrogen-bond donors (Lipinski definition) is 0. The Hall–Kier alpha value is 0.983. The summed E-state index contributed by atoms with van der Waals surface area (Å²) in [5.41, 5.74) is 0. The molecule has 2 N–H and O–H groups in total. The van der Waals surface area contributed by atoms with E-state index in [1.54, 1.807) is 0 Å². The fourth-order valence-electron chi connectivity index (χ4n) is 0. The number of carboxylic acids is 4. The molecular weight excluding hydrogens is 515 g/mol. The summed E-state index contributed by atoms with van der Waals surface area (Å²) in [6.45, 7) is 3.89. The summed E-state index contributed by atoms with van der Waals surface area (Å²) >= 11 is 0. The molecule has 0 saturated heterocycles. The first-order valence-corrected chi connectivity index (χ1v) is 3.63. The molecule has 0 fully saturated rings. The van der Waals surface area contributed by atoms with Crippen LogP contribution in [0.3, 0.4) is 0 Å². The number of hydrogen-bond acceptors (Lipinski definition) is 8. The maximum atomic E-state index is 8.89. The zero-order chi connectivity index (χ0) is 14.3. The quantitative estimate of drug-likeness (QED) is 0.277. The minimum Gasteiger partial charge on any atom is -0.550 e. The van der Waals surface area contributed by atoms with Crippen molar-refractivity contribution in [1.29, 1.82) is 0 Å². The van der Waals surface area contributed by atoms with Crippen molar-refractivity contribution in [2.75, 3.05) is 0 Å². The van der Waals surface area contributed by atoms with Crippen LogP contribution in [-0.2, 0) is 19.2 Å². The summed E-state index contributed by atoms with van der Waals surface area (Å²) in [5.74, 6) is -4.33. The molecule has 0 amide bonds. The molecule has 0 radical (unpaired) electrons. The van der Waals surface area contributed by atoms with E-state index >= 15 is 0 Å². The van der Waals surface area contributed by atoms with Crippen molar-refractivity contribution in [3.8, 4) is 0 Å². The van der Waals surface area contributed by atoms with Crippen molar-refractivity contribution >= 4 is 122 Å². The molecule has 0 saturated carbocycles. The fourth-order valence-corrected chi connectivity index (χ4v) is 0. The van der Waals surface area contributed by atoms with Crippen LogP contribution in [0.5, 0.6) is 0 Å². The molecule has 0 heterocycles. The molecule has 104 valence electrons. The van der Waals surface area contributed by atoms with E-state index in [1.807, 2.05) is 0 Å². The Labute approximate surface area is 191 Å². The topological polar surface area (TPSA) is 192 Å². The third-order valence-electron chi connectivity index (χ3n) is 0. The number of rotatable bonds is 0. The molecule has 0 unspecified atom stereocenters. The van der Waals surface area contributed by atoms with Crippen LogP contribution in [-0.4, -0.2) is 127 Å². The number of carbonyl (C=O) groups is 4. The SMILES string of the molecule is CC(=O)[O-].CC(=O)[O-].CC(=O)[O-].CC(=O)[O-].O.[Ba+2].[Ba+2]. The van der Waals surface area contributed by atoms with Gasteiger partial charge in [-0.25, -0.2) is 0 Å². The zero-order valence-electron chi connectivity index (χ0n) is 11.2. The van der Waals surface area contributed by atoms with Gasteiger partial charge in [-0.1, -0.05) is 0 Å². The van der Waals surface area contributed by atoms with Gasteiger partial charge in [-0.05, 0) is 27.7 Å². The van der Waals surface area contributed by atoms with Gasteiger partial charge in [0, 0.05) is 23.9 Å². The second-order valence-corrected chi connectivity index (χ2v) is 1.97. The molecule has 19 heavy (non-hydrogen) atoms. The smallest absolute Gasteiger partial charge is 0.550 e. The Kier molecular flexibility index (Phi) is 81.9. The summed E-state index contributed by atoms with van der Waals surface area (Å²) in [6, 6.07) is 0. The van der Waals surface area contributed by atoms with Crippen molar-refractivity contribution in [3.05, 3.63) is 0 Å². The minimum absolute atomic E-state index is 0. The number of carbonyl (C=O) groups excluding carboxylic acids is 4. The predicted octanol–water partition coefficient (Wildman–Crippen LogP) is -6.56. The zero-order valence-corrected chi connectivity index (χ0v) is 20.1. The van der Waals surface area contributed by atoms with E-state index in [1.165, 1.54) is 0 Å². The van der Waals surface area contributed by atoms with Gasteiger partial charge in [-0.3, -0.25) is 0 Å². The van der Waals surface area contributed by atoms with E-state index in [4.69, 9.17) is 39.6 Å². The monoisotopic (exact) mass is 530 g/mol. The Morgan fingerprint density at radius 3 is 0.526 bits per heavy atom. The molecule has 0 aromatic heterocycles. The van der Waals surface area contributed by atoms with Gasteiger partial charge < -0.3 is 45.1 Å². The van der Waals surface area contributed by atoms with E-state index in [0.29, 0.717) is 0 Å². The Morgan fingerprint density at radius 2 is 0.526 bits per heavy atom. The van der Waals surface area contributed by atoms with Crippen molar-refractivity contribution in [2.45, 2.75) is 27.7 Å². The molecule has 0 aliphatic heterocycles. The first-order chi connectivity index (χ1) is 6.93. The Morgan fingerprint density at radius 1 is 0.526 bits per heavy atom. The van der Waals surface area contributed by atoms with Crippen LogP contribution in [0.15, 0.2) is 0 Å². The summed E-state index contributed by atoms with van der Waals surface area (Å²) in [6.07, 6.45) is 0. The van der Waals surface area contributed by atoms with Gasteiger partial charge in [-0.2, -0.15) is 0 Å². The maximum absolute atomic E-state index is 8.89. The van der Waals surface area contributed by atoms with Crippen LogP contribution in [0.4, 0.5) is 0 Å². The van der Waals surface area contributed by atoms with E-state index in [9.17, 15) is 0 Å². The van der Waals surface area contributed by atoms with Crippen LogP contribution in [0, 0.1) is 0 Å². The van der Waals surface area contributed by atoms with Gasteiger partial charge in [0.2, 0.25) is 0 Å². The summed E-state index contributed by atoms with van der Waals surface area (Å²) in [7, 11) is 0. The molecule has 0 aromatic rings. The van der Waals surface area contributed by atoms with Gasteiger partial charge in [0.1, 0.15) is 0 Å². The fraction of sp³-hybridized carbons (Fsp3) is 0.500. The molecule has 0 atom stereocenters. The summed E-state index contributed by atoms with van der Waals surface area (Å²) < 4.78 is 0. The normalized spacial score (nSPS) is 5.26. The third kappa shape index (κ3) is 5670. The van der Waals surface area contributed by atoms with E-state index in [0.717, 1.165) is 27.7 Å². The molecule has 11 heteroatoms. The number of carboxylic acid groups (broad SMARTS) is 4. The van der Waals surface area contributed by atoms with Crippen LogP contribution < -0.4 is 20.4 Å². The summed E-state index contributed by atoms with van der Waals surface area (Å²) in [4.78, 5) is 35.6. The van der Waals surface area contributed by atoms with Crippen LogP contribution in [0.1, 0.15) is 27.7 Å². The van der Waals surface area contributed by atoms with Crippen molar-refractivity contribution in [3.63, 3.8) is 0 Å². The van der Waals surface area contributed by atoms with Gasteiger partial charge in [0.05, 0.1) is 0 Å². The molecule has 0 bridgehead atoms. The maximum Gasteiger partial charge on any atom is 2.00 e. The van der Waals surface area contributed by atoms with Crippen LogP contribution in [0.2, 0.25) is 0 Å². The summed E-state index contributed by atoms with van der Waals surface area (Å²) in [5, 5.41) is 35.6. The van der Waals surface area contributed by atoms with Gasteiger partial charge in [0.15, 0.2) is 0 Å². The van der Waals surface area contributed by atoms with Gasteiger partial charge in [0.25, 0.3) is 0 Å². The minimum atomic E-state index is -1.08. The molecule has 0 aromatic carbocycles. The Balaban J connectivity index is -0.0000000192. The standard InChI is InChI=1S/4C2H4O2.2Ba.H2O/c4*1-2(3)4;;;/h4*1H3,(H,3,4);;;1H2/q;;;;2*+2;/p-4. The second kappa shape index (κ2) is 36.4. The van der Waals surface area contributed by atoms with Crippen molar-refractivity contribution in [2.24, 2.45) is 0 Å². The molecule has 0 aliphatic rings. The van der Waals surface area contributed by atoms with Crippen LogP contribution >= 0.6 is 0 Å². The largest absolute Gasteiger partial charge is 2.00 e. The first-order valence-electron chi connectivity index (χ1n) is 3.63. The second-order valence-electron chi connectivity index (χ2n) is 1.97. The number of aliphatic carboxylic acids is 4. The van der Waals surface area contributed by atoms with Gasteiger partial charge in [-0.15, -0.1) is 0 Å². The average molecular weight is 529 g/mol. The molecule has 0 rings (SSSR count). The van der Waals surface area contributed by atoms with Gasteiger partial charge >= 0.3 is 97.8 Å². The molecule has 9 nitrogen and oxygen atoms in total. The van der Waals surface area contributed by atoms with Crippen molar-refractivity contribution < 1.29 is 45.1 Å². The predicted molar refractivity (Wildman–Crippen MR) is 57.8 cm³/mol. The molecule has 0 aliphatic carbocycles. The van der Waals surface area contributed by atoms with Crippen LogP contribution in [0.25, 0.3) is 0 Å². The van der Waals surface area contributed by atoms with Crippen molar-refractivity contribution in [1.82, 2.24) is 0 Å². The van der Waals surface area contributed by atoms with E-state index in [2.05, 4.69) is 0 Å². The van der Waals surface area contributed by atoms with E-state index in [-0.39, 0.29) is 103 Å². The third-order valence-corrected chi connectivity index (χ3v) is 0. The first kappa shape index (κ1) is 42.7. The Bertz CT molecular complexity index is 166. The average Bonchev–Trinajstić information content (AvgIpc) is 1.76. The van der Waals surface area contributed by atoms with E-state index < -0.39 is 23.9 Å². The molecular formula is C8H14Ba2O9. The molecule has 0 spiro atoms.